The van der Waals surface area contributed by atoms with Gasteiger partial charge in [-0.05, 0) is 52.7 Å². The molecule has 1 N–H and O–H groups in total. The molecule has 0 unspecified atom stereocenters. The van der Waals surface area contributed by atoms with Crippen molar-refractivity contribution in [3.63, 3.8) is 0 Å². The lowest BCUT2D eigenvalue weighted by Gasteiger charge is -2.10. The first-order valence-electron chi connectivity index (χ1n) is 5.64. The van der Waals surface area contributed by atoms with E-state index >= 15 is 0 Å². The second kappa shape index (κ2) is 5.69. The van der Waals surface area contributed by atoms with E-state index in [9.17, 15) is 21.6 Å². The molecule has 0 saturated heterocycles. The van der Waals surface area contributed by atoms with Crippen LogP contribution in [0.15, 0.2) is 39.7 Å². The van der Waals surface area contributed by atoms with Gasteiger partial charge in [0, 0.05) is 6.07 Å². The van der Waals surface area contributed by atoms with Gasteiger partial charge >= 0.3 is 0 Å². The first-order chi connectivity index (χ1) is 9.70. The zero-order chi connectivity index (χ0) is 15.8. The number of aryl methyl sites for hydroxylation is 1. The van der Waals surface area contributed by atoms with E-state index < -0.39 is 38.1 Å². The van der Waals surface area contributed by atoms with Crippen molar-refractivity contribution in [2.45, 2.75) is 11.8 Å². The van der Waals surface area contributed by atoms with Gasteiger partial charge in [0.25, 0.3) is 10.0 Å². The number of benzene rings is 2. The van der Waals surface area contributed by atoms with Gasteiger partial charge in [0.15, 0.2) is 0 Å². The molecule has 0 saturated carbocycles. The van der Waals surface area contributed by atoms with Gasteiger partial charge in [-0.15, -0.1) is 0 Å². The van der Waals surface area contributed by atoms with Gasteiger partial charge in [-0.25, -0.2) is 21.6 Å². The van der Waals surface area contributed by atoms with Crippen LogP contribution in [-0.4, -0.2) is 8.42 Å². The Hall–Kier alpha value is -1.54. The summed E-state index contributed by atoms with van der Waals surface area (Å²) in [6.07, 6.45) is 0. The van der Waals surface area contributed by atoms with Gasteiger partial charge in [-0.2, -0.15) is 0 Å². The predicted molar refractivity (Wildman–Crippen MR) is 76.0 cm³/mol. The quantitative estimate of drug-likeness (QED) is 0.876. The molecule has 0 atom stereocenters. The first kappa shape index (κ1) is 15.8. The fourth-order valence-electron chi connectivity index (χ4n) is 1.57. The molecule has 21 heavy (non-hydrogen) atoms. The van der Waals surface area contributed by atoms with Crippen molar-refractivity contribution >= 4 is 31.6 Å². The summed E-state index contributed by atoms with van der Waals surface area (Å²) in [4.78, 5) is -0.399. The molecule has 3 nitrogen and oxygen atoms in total. The Balaban J connectivity index is 2.42. The standard InChI is InChI=1S/C13H9BrF3NO2S/c1-7-4-12(17)13(6-10(7)15)18-21(19,20)8-2-3-9(14)11(16)5-8/h2-6,18H,1H3. The van der Waals surface area contributed by atoms with Crippen LogP contribution in [0.5, 0.6) is 0 Å². The Morgan fingerprint density at radius 3 is 2.29 bits per heavy atom. The van der Waals surface area contributed by atoms with E-state index in [1.807, 2.05) is 4.72 Å². The molecule has 8 heteroatoms. The third-order valence-corrected chi connectivity index (χ3v) is 4.70. The largest absolute Gasteiger partial charge is 0.277 e. The van der Waals surface area contributed by atoms with Crippen molar-refractivity contribution in [2.24, 2.45) is 0 Å². The third-order valence-electron chi connectivity index (χ3n) is 2.69. The summed E-state index contributed by atoms with van der Waals surface area (Å²) in [6, 6.07) is 4.72. The normalized spacial score (nSPS) is 11.5. The molecule has 0 amide bonds. The summed E-state index contributed by atoms with van der Waals surface area (Å²) < 4.78 is 66.4. The van der Waals surface area contributed by atoms with Crippen LogP contribution >= 0.6 is 15.9 Å². The minimum Gasteiger partial charge on any atom is -0.277 e. The number of hydrogen-bond donors (Lipinski definition) is 1. The molecule has 0 radical (unpaired) electrons. The monoisotopic (exact) mass is 379 g/mol. The van der Waals surface area contributed by atoms with Crippen LogP contribution in [0.25, 0.3) is 0 Å². The zero-order valence-corrected chi connectivity index (χ0v) is 13.0. The fraction of sp³-hybridized carbons (Fsp3) is 0.0769. The maximum Gasteiger partial charge on any atom is 0.262 e. The van der Waals surface area contributed by atoms with E-state index in [0.717, 1.165) is 24.3 Å². The Bertz CT molecular complexity index is 809. The lowest BCUT2D eigenvalue weighted by atomic mass is 10.2. The van der Waals surface area contributed by atoms with Crippen LogP contribution in [0, 0.1) is 24.4 Å². The van der Waals surface area contributed by atoms with Crippen LogP contribution in [0.4, 0.5) is 18.9 Å². The number of hydrogen-bond acceptors (Lipinski definition) is 2. The van der Waals surface area contributed by atoms with Crippen molar-refractivity contribution in [1.82, 2.24) is 0 Å². The van der Waals surface area contributed by atoms with Crippen molar-refractivity contribution in [1.29, 1.82) is 0 Å². The van der Waals surface area contributed by atoms with Crippen LogP contribution in [0.2, 0.25) is 0 Å². The molecule has 2 aromatic rings. The minimum atomic E-state index is -4.22. The van der Waals surface area contributed by atoms with Gasteiger partial charge in [-0.1, -0.05) is 0 Å². The second-order valence-corrected chi connectivity index (χ2v) is 6.80. The lowest BCUT2D eigenvalue weighted by Crippen LogP contribution is -2.14. The van der Waals surface area contributed by atoms with E-state index in [2.05, 4.69) is 15.9 Å². The van der Waals surface area contributed by atoms with Crippen LogP contribution < -0.4 is 4.72 Å². The zero-order valence-electron chi connectivity index (χ0n) is 10.6. The molecule has 2 rings (SSSR count). The Kier molecular flexibility index (Phi) is 4.29. The summed E-state index contributed by atoms with van der Waals surface area (Å²) in [7, 11) is -4.22. The van der Waals surface area contributed by atoms with Crippen LogP contribution in [-0.2, 0) is 10.0 Å². The van der Waals surface area contributed by atoms with Gasteiger partial charge < -0.3 is 0 Å². The van der Waals surface area contributed by atoms with Crippen molar-refractivity contribution in [3.8, 4) is 0 Å². The molecule has 0 bridgehead atoms. The van der Waals surface area contributed by atoms with Crippen LogP contribution in [0.3, 0.4) is 0 Å². The summed E-state index contributed by atoms with van der Waals surface area (Å²) in [5.41, 5.74) is -0.494. The number of sulfonamides is 1. The Labute approximate surface area is 128 Å². The van der Waals surface area contributed by atoms with Crippen molar-refractivity contribution < 1.29 is 21.6 Å². The summed E-state index contributed by atoms with van der Waals surface area (Å²) in [6.45, 7) is 1.35. The van der Waals surface area contributed by atoms with Gasteiger partial charge in [-0.3, -0.25) is 4.72 Å². The maximum atomic E-state index is 13.6. The molecule has 0 aliphatic carbocycles. The van der Waals surface area contributed by atoms with Gasteiger partial charge in [0.2, 0.25) is 0 Å². The predicted octanol–water partition coefficient (Wildman–Crippen LogP) is 3.98. The average molecular weight is 380 g/mol. The third kappa shape index (κ3) is 3.38. The SMILES string of the molecule is Cc1cc(F)c(NS(=O)(=O)c2ccc(Br)c(F)c2)cc1F. The highest BCUT2D eigenvalue weighted by atomic mass is 79.9. The topological polar surface area (TPSA) is 46.2 Å². The molecule has 0 heterocycles. The number of anilines is 1. The molecule has 0 aliphatic rings. The van der Waals surface area contributed by atoms with Gasteiger partial charge in [0.1, 0.15) is 17.5 Å². The summed E-state index contributed by atoms with van der Waals surface area (Å²) >= 11 is 2.89. The number of halogens is 4. The minimum absolute atomic E-state index is 0.0464. The molecular weight excluding hydrogens is 371 g/mol. The molecular formula is C13H9BrF3NO2S. The maximum absolute atomic E-state index is 13.6. The first-order valence-corrected chi connectivity index (χ1v) is 7.92. The van der Waals surface area contributed by atoms with Crippen molar-refractivity contribution in [2.75, 3.05) is 4.72 Å². The Morgan fingerprint density at radius 2 is 1.67 bits per heavy atom. The van der Waals surface area contributed by atoms with E-state index in [1.165, 1.54) is 13.0 Å². The highest BCUT2D eigenvalue weighted by Crippen LogP contribution is 2.24. The Morgan fingerprint density at radius 1 is 1.00 bits per heavy atom. The van der Waals surface area contributed by atoms with Crippen molar-refractivity contribution in [3.05, 3.63) is 57.8 Å². The van der Waals surface area contributed by atoms with Crippen LogP contribution in [0.1, 0.15) is 5.56 Å². The fourth-order valence-corrected chi connectivity index (χ4v) is 2.89. The number of rotatable bonds is 3. The highest BCUT2D eigenvalue weighted by Gasteiger charge is 2.19. The van der Waals surface area contributed by atoms with E-state index in [-0.39, 0.29) is 10.0 Å². The summed E-state index contributed by atoms with van der Waals surface area (Å²) in [5.74, 6) is -2.46. The lowest BCUT2D eigenvalue weighted by molar-refractivity contribution is 0.587. The molecule has 0 spiro atoms. The van der Waals surface area contributed by atoms with E-state index in [0.29, 0.717) is 0 Å². The molecule has 2 aromatic carbocycles. The molecule has 0 fully saturated rings. The van der Waals surface area contributed by atoms with E-state index in [4.69, 9.17) is 0 Å². The van der Waals surface area contributed by atoms with E-state index in [1.54, 1.807) is 0 Å². The summed E-state index contributed by atoms with van der Waals surface area (Å²) in [5, 5.41) is 0. The number of nitrogens with one attached hydrogen (secondary N) is 1. The molecule has 0 aliphatic heterocycles. The highest BCUT2D eigenvalue weighted by molar-refractivity contribution is 9.10. The molecule has 112 valence electrons. The molecule has 0 aromatic heterocycles. The average Bonchev–Trinajstić information content (AvgIpc) is 2.39. The van der Waals surface area contributed by atoms with Gasteiger partial charge in [0.05, 0.1) is 15.1 Å². The smallest absolute Gasteiger partial charge is 0.262 e. The second-order valence-electron chi connectivity index (χ2n) is 4.26.